The largest absolute Gasteiger partial charge is 0.480 e. The second-order valence-corrected chi connectivity index (χ2v) is 8.08. The zero-order valence-electron chi connectivity index (χ0n) is 14.0. The van der Waals surface area contributed by atoms with E-state index in [0.717, 1.165) is 29.7 Å². The lowest BCUT2D eigenvalue weighted by atomic mass is 9.53. The molecule has 0 heterocycles. The van der Waals surface area contributed by atoms with Crippen LogP contribution in [0, 0.1) is 23.2 Å². The van der Waals surface area contributed by atoms with Crippen LogP contribution < -0.4 is 0 Å². The molecule has 1 aromatic rings. The lowest BCUT2D eigenvalue weighted by Gasteiger charge is -2.53. The summed E-state index contributed by atoms with van der Waals surface area (Å²) in [4.78, 5) is 0. The summed E-state index contributed by atoms with van der Waals surface area (Å²) in [5, 5.41) is 0.673. The van der Waals surface area contributed by atoms with E-state index >= 15 is 0 Å². The molecule has 2 fully saturated rings. The van der Waals surface area contributed by atoms with Gasteiger partial charge in [0.2, 0.25) is 0 Å². The van der Waals surface area contributed by atoms with Gasteiger partial charge in [-0.25, -0.2) is 0 Å². The molecule has 0 aliphatic heterocycles. The second kappa shape index (κ2) is 6.31. The maximum Gasteiger partial charge on any atom is 0.191 e. The monoisotopic (exact) mass is 316 g/mol. The van der Waals surface area contributed by atoms with Gasteiger partial charge in [0.25, 0.3) is 0 Å². The Bertz CT molecular complexity index is 526. The second-order valence-electron chi connectivity index (χ2n) is 7.71. The Balaban J connectivity index is 1.64. The third-order valence-corrected chi connectivity index (χ3v) is 6.96. The number of hydrogen-bond acceptors (Lipinski definition) is 2. The van der Waals surface area contributed by atoms with Crippen molar-refractivity contribution in [2.75, 3.05) is 0 Å². The maximum atomic E-state index is 6.16. The van der Waals surface area contributed by atoms with Crippen molar-refractivity contribution in [3.05, 3.63) is 35.9 Å². The van der Waals surface area contributed by atoms with E-state index in [0.29, 0.717) is 16.6 Å². The van der Waals surface area contributed by atoms with Gasteiger partial charge in [0.15, 0.2) is 5.05 Å². The topological polar surface area (TPSA) is 9.23 Å². The van der Waals surface area contributed by atoms with Crippen LogP contribution >= 0.6 is 12.2 Å². The first-order chi connectivity index (χ1) is 10.5. The zero-order valence-corrected chi connectivity index (χ0v) is 14.9. The molecular formula is C20H28OS. The highest BCUT2D eigenvalue weighted by atomic mass is 32.1. The molecule has 1 unspecified atom stereocenters. The summed E-state index contributed by atoms with van der Waals surface area (Å²) in [5.74, 6) is 2.49. The summed E-state index contributed by atoms with van der Waals surface area (Å²) in [6.45, 7) is 7.41. The Kier molecular flexibility index (Phi) is 4.59. The first-order valence-electron chi connectivity index (χ1n) is 8.76. The molecule has 3 rings (SSSR count). The fraction of sp³-hybridized carbons (Fsp3) is 0.650. The first kappa shape index (κ1) is 16.0. The molecule has 5 atom stereocenters. The molecule has 0 aromatic heterocycles. The molecule has 2 aliphatic rings. The Hall–Kier alpha value is -0.890. The molecule has 1 nitrogen and oxygen atoms in total. The molecule has 22 heavy (non-hydrogen) atoms. The highest BCUT2D eigenvalue weighted by Gasteiger charge is 2.48. The van der Waals surface area contributed by atoms with Gasteiger partial charge >= 0.3 is 0 Å². The van der Waals surface area contributed by atoms with E-state index in [1.54, 1.807) is 0 Å². The van der Waals surface area contributed by atoms with Crippen molar-refractivity contribution in [2.45, 2.75) is 59.0 Å². The van der Waals surface area contributed by atoms with E-state index in [4.69, 9.17) is 17.0 Å². The van der Waals surface area contributed by atoms with E-state index in [1.165, 1.54) is 25.7 Å². The van der Waals surface area contributed by atoms with Crippen molar-refractivity contribution in [3.8, 4) is 0 Å². The molecule has 0 saturated heterocycles. The van der Waals surface area contributed by atoms with E-state index in [1.807, 2.05) is 30.3 Å². The van der Waals surface area contributed by atoms with E-state index < -0.39 is 0 Å². The molecule has 0 amide bonds. The van der Waals surface area contributed by atoms with Crippen LogP contribution in [0.3, 0.4) is 0 Å². The van der Waals surface area contributed by atoms with Crippen LogP contribution in [0.4, 0.5) is 0 Å². The lowest BCUT2D eigenvalue weighted by molar-refractivity contribution is -0.0562. The number of fused-ring (bicyclic) bond motifs is 1. The van der Waals surface area contributed by atoms with Gasteiger partial charge in [0.1, 0.15) is 6.10 Å². The molecule has 0 N–H and O–H groups in total. The average Bonchev–Trinajstić information content (AvgIpc) is 2.54. The Morgan fingerprint density at radius 1 is 1.14 bits per heavy atom. The van der Waals surface area contributed by atoms with Gasteiger partial charge in [-0.1, -0.05) is 57.5 Å². The van der Waals surface area contributed by atoms with Crippen LogP contribution in [0.15, 0.2) is 30.3 Å². The van der Waals surface area contributed by atoms with Crippen LogP contribution in [0.2, 0.25) is 0 Å². The van der Waals surface area contributed by atoms with Gasteiger partial charge in [-0.3, -0.25) is 0 Å². The van der Waals surface area contributed by atoms with Crippen molar-refractivity contribution in [1.82, 2.24) is 0 Å². The smallest absolute Gasteiger partial charge is 0.191 e. The quantitative estimate of drug-likeness (QED) is 0.655. The molecule has 0 spiro atoms. The van der Waals surface area contributed by atoms with Gasteiger partial charge < -0.3 is 4.74 Å². The summed E-state index contributed by atoms with van der Waals surface area (Å²) >= 11 is 5.50. The van der Waals surface area contributed by atoms with E-state index in [9.17, 15) is 0 Å². The van der Waals surface area contributed by atoms with Crippen molar-refractivity contribution < 1.29 is 4.74 Å². The minimum atomic E-state index is 0.311. The molecule has 0 bridgehead atoms. The normalized spacial score (nSPS) is 38.1. The fourth-order valence-corrected chi connectivity index (χ4v) is 4.96. The molecule has 2 heteroatoms. The van der Waals surface area contributed by atoms with Crippen LogP contribution in [-0.2, 0) is 4.74 Å². The average molecular weight is 317 g/mol. The van der Waals surface area contributed by atoms with Gasteiger partial charge in [-0.15, -0.1) is 0 Å². The molecule has 2 saturated carbocycles. The highest BCUT2D eigenvalue weighted by molar-refractivity contribution is 7.80. The van der Waals surface area contributed by atoms with Gasteiger partial charge in [-0.2, -0.15) is 0 Å². The molecule has 120 valence electrons. The fourth-order valence-electron chi connectivity index (χ4n) is 4.69. The van der Waals surface area contributed by atoms with Crippen molar-refractivity contribution in [1.29, 1.82) is 0 Å². The molecular weight excluding hydrogens is 288 g/mol. The van der Waals surface area contributed by atoms with Crippen molar-refractivity contribution in [3.63, 3.8) is 0 Å². The minimum Gasteiger partial charge on any atom is -0.480 e. The molecule has 0 radical (unpaired) electrons. The van der Waals surface area contributed by atoms with Crippen molar-refractivity contribution in [2.24, 2.45) is 23.2 Å². The first-order valence-corrected chi connectivity index (χ1v) is 9.17. The van der Waals surface area contributed by atoms with Gasteiger partial charge in [0.05, 0.1) is 0 Å². The molecule has 2 aliphatic carbocycles. The van der Waals surface area contributed by atoms with E-state index in [2.05, 4.69) is 20.8 Å². The van der Waals surface area contributed by atoms with E-state index in [-0.39, 0.29) is 0 Å². The lowest BCUT2D eigenvalue weighted by Crippen LogP contribution is -2.46. The summed E-state index contributed by atoms with van der Waals surface area (Å²) in [6, 6.07) is 10.1. The highest BCUT2D eigenvalue weighted by Crippen LogP contribution is 2.55. The predicted octanol–water partition coefficient (Wildman–Crippen LogP) is 5.62. The van der Waals surface area contributed by atoms with Crippen LogP contribution in [0.5, 0.6) is 0 Å². The van der Waals surface area contributed by atoms with Crippen LogP contribution in [-0.4, -0.2) is 11.2 Å². The molecule has 1 aromatic carbocycles. The Labute approximate surface area is 140 Å². The van der Waals surface area contributed by atoms with Gasteiger partial charge in [-0.05, 0) is 61.1 Å². The number of rotatable bonds is 2. The third kappa shape index (κ3) is 2.95. The summed E-state index contributed by atoms with van der Waals surface area (Å²) in [5.41, 5.74) is 1.54. The third-order valence-electron chi connectivity index (χ3n) is 6.63. The Morgan fingerprint density at radius 2 is 1.86 bits per heavy atom. The van der Waals surface area contributed by atoms with Crippen LogP contribution in [0.1, 0.15) is 58.4 Å². The van der Waals surface area contributed by atoms with Gasteiger partial charge in [0, 0.05) is 5.56 Å². The number of hydrogen-bond donors (Lipinski definition) is 0. The predicted molar refractivity (Wildman–Crippen MR) is 96.0 cm³/mol. The van der Waals surface area contributed by atoms with Crippen molar-refractivity contribution >= 4 is 17.3 Å². The summed E-state index contributed by atoms with van der Waals surface area (Å²) in [6.07, 6.45) is 6.66. The summed E-state index contributed by atoms with van der Waals surface area (Å²) in [7, 11) is 0. The maximum absolute atomic E-state index is 6.16. The Morgan fingerprint density at radius 3 is 2.59 bits per heavy atom. The zero-order chi connectivity index (χ0) is 15.7. The number of ether oxygens (including phenoxy) is 1. The number of benzene rings is 1. The SMILES string of the molecule is CC1CC[C@H]2C[C@H](OC(=S)c3ccccc3)CC[C@]2(C)[C@H]1C. The summed E-state index contributed by atoms with van der Waals surface area (Å²) < 4.78 is 6.16. The standard InChI is InChI=1S/C20H28OS/c1-14-9-10-17-13-18(11-12-20(17,3)15(14)2)21-19(22)16-7-5-4-6-8-16/h4-8,14-15,17-18H,9-13H2,1-3H3/t14?,15-,17-,18+,20+/m0/s1. The number of thiocarbonyl (C=S) groups is 1. The van der Waals surface area contributed by atoms with Crippen LogP contribution in [0.25, 0.3) is 0 Å². The minimum absolute atomic E-state index is 0.311.